The monoisotopic (exact) mass is 466 g/mol. The molecule has 1 unspecified atom stereocenters. The van der Waals surface area contributed by atoms with Crippen LogP contribution in [0.2, 0.25) is 0 Å². The van der Waals surface area contributed by atoms with Gasteiger partial charge in [0.1, 0.15) is 30.9 Å². The summed E-state index contributed by atoms with van der Waals surface area (Å²) >= 11 is 0. The van der Waals surface area contributed by atoms with Crippen LogP contribution in [-0.4, -0.2) is 30.6 Å². The van der Waals surface area contributed by atoms with Gasteiger partial charge >= 0.3 is 0 Å². The number of hydrogen-bond acceptors (Lipinski definition) is 4. The number of rotatable bonds is 9. The lowest BCUT2D eigenvalue weighted by atomic mass is 9.97. The van der Waals surface area contributed by atoms with Crippen molar-refractivity contribution in [3.63, 3.8) is 0 Å². The number of anilines is 1. The Balaban J connectivity index is 1.49. The van der Waals surface area contributed by atoms with Crippen LogP contribution in [0.25, 0.3) is 10.8 Å². The summed E-state index contributed by atoms with van der Waals surface area (Å²) in [6, 6.07) is 29.8. The van der Waals surface area contributed by atoms with Gasteiger partial charge in [-0.25, -0.2) is 0 Å². The predicted octanol–water partition coefficient (Wildman–Crippen LogP) is 6.66. The average Bonchev–Trinajstić information content (AvgIpc) is 2.91. The van der Waals surface area contributed by atoms with Crippen LogP contribution in [0.1, 0.15) is 41.9 Å². The number of nitrogens with one attached hydrogen (secondary N) is 1. The second-order valence-electron chi connectivity index (χ2n) is 8.65. The molecule has 4 aromatic carbocycles. The first-order chi connectivity index (χ1) is 17.3. The summed E-state index contributed by atoms with van der Waals surface area (Å²) in [5, 5.41) is 5.83. The fourth-order valence-electron chi connectivity index (χ4n) is 4.59. The average molecular weight is 467 g/mol. The van der Waals surface area contributed by atoms with Crippen LogP contribution >= 0.6 is 0 Å². The van der Waals surface area contributed by atoms with E-state index in [1.165, 1.54) is 0 Å². The second kappa shape index (κ2) is 10.5. The van der Waals surface area contributed by atoms with Crippen LogP contribution in [-0.2, 0) is 0 Å². The number of unbranched alkanes of at least 4 members (excludes halogenated alkanes) is 1. The molecule has 1 aliphatic heterocycles. The van der Waals surface area contributed by atoms with E-state index in [9.17, 15) is 4.79 Å². The Morgan fingerprint density at radius 2 is 1.57 bits per heavy atom. The van der Waals surface area contributed by atoms with Crippen LogP contribution in [0.4, 0.5) is 5.69 Å². The zero-order valence-corrected chi connectivity index (χ0v) is 19.9. The van der Waals surface area contributed by atoms with E-state index < -0.39 is 0 Å². The molecule has 5 rings (SSSR count). The third kappa shape index (κ3) is 4.80. The fraction of sp³-hybridized carbons (Fsp3) is 0.233. The third-order valence-electron chi connectivity index (χ3n) is 6.33. The summed E-state index contributed by atoms with van der Waals surface area (Å²) in [6.07, 6.45) is 1.60. The summed E-state index contributed by atoms with van der Waals surface area (Å²) in [5.41, 5.74) is 2.53. The maximum absolute atomic E-state index is 13.6. The first kappa shape index (κ1) is 22.8. The van der Waals surface area contributed by atoms with Crippen LogP contribution in [0, 0.1) is 0 Å². The van der Waals surface area contributed by atoms with Crippen LogP contribution < -0.4 is 14.8 Å². The van der Waals surface area contributed by atoms with Crippen molar-refractivity contribution in [1.29, 1.82) is 0 Å². The summed E-state index contributed by atoms with van der Waals surface area (Å²) in [5.74, 6) is 1.62. The Morgan fingerprint density at radius 3 is 2.43 bits per heavy atom. The quantitative estimate of drug-likeness (QED) is 0.280. The lowest BCUT2D eigenvalue weighted by Gasteiger charge is -2.39. The minimum Gasteiger partial charge on any atom is -0.490 e. The molecule has 35 heavy (non-hydrogen) atoms. The Kier molecular flexibility index (Phi) is 6.85. The molecule has 1 amide bonds. The maximum atomic E-state index is 13.6. The van der Waals surface area contributed by atoms with Gasteiger partial charge in [0, 0.05) is 17.8 Å². The highest BCUT2D eigenvalue weighted by Gasteiger charge is 2.35. The molecule has 1 heterocycles. The maximum Gasteiger partial charge on any atom is 0.257 e. The number of carbonyl (C=O) groups excluding carboxylic acids is 1. The molecular weight excluding hydrogens is 436 g/mol. The summed E-state index contributed by atoms with van der Waals surface area (Å²) in [7, 11) is 0. The van der Waals surface area contributed by atoms with Gasteiger partial charge in [-0.2, -0.15) is 0 Å². The molecule has 0 saturated heterocycles. The zero-order valence-electron chi connectivity index (χ0n) is 19.9. The van der Waals surface area contributed by atoms with Crippen LogP contribution in [0.15, 0.2) is 91.0 Å². The van der Waals surface area contributed by atoms with E-state index in [1.807, 2.05) is 77.7 Å². The molecule has 0 fully saturated rings. The van der Waals surface area contributed by atoms with Gasteiger partial charge in [0.15, 0.2) is 0 Å². The van der Waals surface area contributed by atoms with Crippen molar-refractivity contribution in [2.24, 2.45) is 0 Å². The van der Waals surface area contributed by atoms with Gasteiger partial charge in [0.05, 0.1) is 5.56 Å². The molecule has 0 radical (unpaired) electrons. The highest BCUT2D eigenvalue weighted by Crippen LogP contribution is 2.40. The van der Waals surface area contributed by atoms with Gasteiger partial charge in [-0.1, -0.05) is 74.0 Å². The standard InChI is InChI=1S/C30H30N2O3/c1-2-3-19-32-29(31-26-16-10-9-15-25(26)30(32)33)28-24-14-8-7-11-22(24)17-18-27(28)35-21-20-34-23-12-5-4-6-13-23/h4-18,29,31H,2-3,19-21H2,1H3. The van der Waals surface area contributed by atoms with E-state index in [0.717, 1.165) is 46.4 Å². The lowest BCUT2D eigenvalue weighted by Crippen LogP contribution is -2.43. The number of fused-ring (bicyclic) bond motifs is 2. The van der Waals surface area contributed by atoms with Gasteiger partial charge in [-0.3, -0.25) is 4.79 Å². The number of benzene rings is 4. The van der Waals surface area contributed by atoms with Gasteiger partial charge < -0.3 is 19.7 Å². The van der Waals surface area contributed by atoms with Crippen molar-refractivity contribution in [1.82, 2.24) is 4.90 Å². The highest BCUT2D eigenvalue weighted by atomic mass is 16.5. The number of nitrogens with zero attached hydrogens (tertiary/aromatic N) is 1. The van der Waals surface area contributed by atoms with Gasteiger partial charge in [-0.05, 0) is 47.5 Å². The van der Waals surface area contributed by atoms with E-state index in [4.69, 9.17) is 9.47 Å². The second-order valence-corrected chi connectivity index (χ2v) is 8.65. The minimum atomic E-state index is -0.333. The van der Waals surface area contributed by atoms with E-state index in [1.54, 1.807) is 0 Å². The highest BCUT2D eigenvalue weighted by molar-refractivity contribution is 6.02. The van der Waals surface area contributed by atoms with E-state index in [2.05, 4.69) is 30.4 Å². The molecule has 1 atom stereocenters. The van der Waals surface area contributed by atoms with E-state index >= 15 is 0 Å². The van der Waals surface area contributed by atoms with Crippen LogP contribution in [0.3, 0.4) is 0 Å². The summed E-state index contributed by atoms with van der Waals surface area (Å²) < 4.78 is 12.1. The lowest BCUT2D eigenvalue weighted by molar-refractivity contribution is 0.0678. The first-order valence-corrected chi connectivity index (χ1v) is 12.2. The smallest absolute Gasteiger partial charge is 0.257 e. The third-order valence-corrected chi connectivity index (χ3v) is 6.33. The molecule has 1 aliphatic rings. The molecule has 0 saturated carbocycles. The zero-order chi connectivity index (χ0) is 24.0. The molecule has 1 N–H and O–H groups in total. The molecule has 178 valence electrons. The van der Waals surface area contributed by atoms with Gasteiger partial charge in [0.2, 0.25) is 0 Å². The topological polar surface area (TPSA) is 50.8 Å². The molecule has 0 bridgehead atoms. The SMILES string of the molecule is CCCCN1C(=O)c2ccccc2NC1c1c(OCCOc2ccccc2)ccc2ccccc12. The molecule has 0 spiro atoms. The van der Waals surface area contributed by atoms with Crippen molar-refractivity contribution in [3.05, 3.63) is 102 Å². The van der Waals surface area contributed by atoms with Crippen molar-refractivity contribution in [2.75, 3.05) is 25.1 Å². The van der Waals surface area contributed by atoms with Crippen LogP contribution in [0.5, 0.6) is 11.5 Å². The molecule has 4 aromatic rings. The van der Waals surface area contributed by atoms with E-state index in [-0.39, 0.29) is 12.1 Å². The summed E-state index contributed by atoms with van der Waals surface area (Å²) in [6.45, 7) is 3.63. The fourth-order valence-corrected chi connectivity index (χ4v) is 4.59. The Hall–Kier alpha value is -3.99. The number of amides is 1. The molecular formula is C30H30N2O3. The molecule has 0 aromatic heterocycles. The normalized spacial score (nSPS) is 14.9. The first-order valence-electron chi connectivity index (χ1n) is 12.2. The Morgan fingerprint density at radius 1 is 0.829 bits per heavy atom. The largest absolute Gasteiger partial charge is 0.490 e. The van der Waals surface area contributed by atoms with Crippen molar-refractivity contribution >= 4 is 22.4 Å². The number of carbonyl (C=O) groups is 1. The van der Waals surface area contributed by atoms with Crippen molar-refractivity contribution in [2.45, 2.75) is 25.9 Å². The Labute approximate surface area is 206 Å². The predicted molar refractivity (Wildman–Crippen MR) is 140 cm³/mol. The van der Waals surface area contributed by atoms with Gasteiger partial charge in [0.25, 0.3) is 5.91 Å². The number of para-hydroxylation sites is 2. The van der Waals surface area contributed by atoms with Crippen molar-refractivity contribution in [3.8, 4) is 11.5 Å². The molecule has 0 aliphatic carbocycles. The molecule has 5 nitrogen and oxygen atoms in total. The van der Waals surface area contributed by atoms with E-state index in [0.29, 0.717) is 25.3 Å². The van der Waals surface area contributed by atoms with Gasteiger partial charge in [-0.15, -0.1) is 0 Å². The number of ether oxygens (including phenoxy) is 2. The summed E-state index contributed by atoms with van der Waals surface area (Å²) in [4.78, 5) is 15.5. The molecule has 5 heteroatoms. The minimum absolute atomic E-state index is 0.0455. The number of hydrogen-bond donors (Lipinski definition) is 1. The van der Waals surface area contributed by atoms with Crippen molar-refractivity contribution < 1.29 is 14.3 Å². The Bertz CT molecular complexity index is 1310.